The molecule has 0 radical (unpaired) electrons. The molecule has 0 N–H and O–H groups in total. The van der Waals surface area contributed by atoms with Gasteiger partial charge in [0.25, 0.3) is 0 Å². The molecule has 0 fully saturated rings. The van der Waals surface area contributed by atoms with Crippen molar-refractivity contribution in [2.24, 2.45) is 5.92 Å². The van der Waals surface area contributed by atoms with E-state index in [-0.39, 0.29) is 0 Å². The molecule has 17 heavy (non-hydrogen) atoms. The Kier molecular flexibility index (Phi) is 2.29. The summed E-state index contributed by atoms with van der Waals surface area (Å²) in [6.45, 7) is 6.77. The van der Waals surface area contributed by atoms with Gasteiger partial charge >= 0.3 is 0 Å². The molecule has 1 aromatic carbocycles. The van der Waals surface area contributed by atoms with Crippen molar-refractivity contribution in [1.29, 1.82) is 0 Å². The van der Waals surface area contributed by atoms with Gasteiger partial charge in [0.1, 0.15) is 0 Å². The fourth-order valence-electron chi connectivity index (χ4n) is 3.57. The lowest BCUT2D eigenvalue weighted by atomic mass is 9.74. The number of hydrogen-bond acceptors (Lipinski definition) is 0. The second-order valence-electron chi connectivity index (χ2n) is 5.80. The normalized spacial score (nSPS) is 31.1. The van der Waals surface area contributed by atoms with Gasteiger partial charge in [0.15, 0.2) is 0 Å². The van der Waals surface area contributed by atoms with Gasteiger partial charge < -0.3 is 0 Å². The quantitative estimate of drug-likeness (QED) is 0.656. The Labute approximate surface area is 104 Å². The van der Waals surface area contributed by atoms with Gasteiger partial charge in [-0.2, -0.15) is 0 Å². The van der Waals surface area contributed by atoms with E-state index < -0.39 is 0 Å². The van der Waals surface area contributed by atoms with Gasteiger partial charge in [-0.25, -0.2) is 0 Å². The molecule has 0 aliphatic heterocycles. The minimum absolute atomic E-state index is 0.303. The van der Waals surface area contributed by atoms with Crippen LogP contribution in [0, 0.1) is 12.8 Å². The second kappa shape index (κ2) is 3.60. The van der Waals surface area contributed by atoms with Gasteiger partial charge in [0.2, 0.25) is 0 Å². The topological polar surface area (TPSA) is 0 Å². The predicted molar refractivity (Wildman–Crippen MR) is 73.1 cm³/mol. The number of hydrogen-bond donors (Lipinski definition) is 0. The van der Waals surface area contributed by atoms with Crippen LogP contribution in [0.1, 0.15) is 37.8 Å². The van der Waals surface area contributed by atoms with Gasteiger partial charge in [-0.05, 0) is 43.7 Å². The van der Waals surface area contributed by atoms with Gasteiger partial charge in [-0.3, -0.25) is 0 Å². The zero-order valence-electron chi connectivity index (χ0n) is 11.0. The number of benzene rings is 1. The zero-order valence-corrected chi connectivity index (χ0v) is 11.0. The number of rotatable bonds is 1. The molecule has 2 atom stereocenters. The van der Waals surface area contributed by atoms with Crippen molar-refractivity contribution in [3.63, 3.8) is 0 Å². The Morgan fingerprint density at radius 3 is 2.53 bits per heavy atom. The molecule has 3 rings (SSSR count). The summed E-state index contributed by atoms with van der Waals surface area (Å²) >= 11 is 0. The van der Waals surface area contributed by atoms with Crippen LogP contribution < -0.4 is 0 Å². The smallest absolute Gasteiger partial charge is 0.0242 e. The first-order valence-corrected chi connectivity index (χ1v) is 6.58. The second-order valence-corrected chi connectivity index (χ2v) is 5.80. The summed E-state index contributed by atoms with van der Waals surface area (Å²) in [7, 11) is 0. The number of allylic oxidation sites excluding steroid dienone is 4. The molecule has 88 valence electrons. The maximum atomic E-state index is 2.48. The third kappa shape index (κ3) is 1.50. The summed E-state index contributed by atoms with van der Waals surface area (Å²) in [6, 6.07) is 9.15. The van der Waals surface area contributed by atoms with Crippen molar-refractivity contribution >= 4 is 0 Å². The summed E-state index contributed by atoms with van der Waals surface area (Å²) in [4.78, 5) is 0. The van der Waals surface area contributed by atoms with Crippen LogP contribution in [0.15, 0.2) is 47.6 Å². The molecule has 0 saturated carbocycles. The minimum atomic E-state index is 0.303. The molecule has 0 saturated heterocycles. The first kappa shape index (κ1) is 10.8. The molecule has 1 aromatic rings. The highest BCUT2D eigenvalue weighted by Crippen LogP contribution is 2.53. The lowest BCUT2D eigenvalue weighted by molar-refractivity contribution is 0.473. The van der Waals surface area contributed by atoms with Crippen LogP contribution in [0.4, 0.5) is 0 Å². The van der Waals surface area contributed by atoms with E-state index in [2.05, 4.69) is 57.2 Å². The summed E-state index contributed by atoms with van der Waals surface area (Å²) in [5.41, 5.74) is 6.25. The molecule has 0 nitrogen and oxygen atoms in total. The molecule has 2 aliphatic rings. The first-order chi connectivity index (χ1) is 8.12. The van der Waals surface area contributed by atoms with Crippen LogP contribution in [0.5, 0.6) is 0 Å². The summed E-state index contributed by atoms with van der Waals surface area (Å²) in [5, 5.41) is 0. The van der Waals surface area contributed by atoms with Crippen molar-refractivity contribution in [3.8, 4) is 0 Å². The third-order valence-electron chi connectivity index (χ3n) is 4.42. The van der Waals surface area contributed by atoms with E-state index in [0.717, 1.165) is 5.92 Å². The standard InChI is InChI=1S/C17H20/c1-12-4-6-15(7-5-12)17-9-8-14(3)16(17)10-13(2)11-17/h4-8,10,13H,9,11H2,1-3H3. The lowest BCUT2D eigenvalue weighted by Crippen LogP contribution is -2.23. The van der Waals surface area contributed by atoms with E-state index in [1.54, 1.807) is 5.57 Å². The number of aryl methyl sites for hydroxylation is 1. The fourth-order valence-corrected chi connectivity index (χ4v) is 3.57. The van der Waals surface area contributed by atoms with E-state index >= 15 is 0 Å². The van der Waals surface area contributed by atoms with Gasteiger partial charge in [0, 0.05) is 5.41 Å². The summed E-state index contributed by atoms with van der Waals surface area (Å²) < 4.78 is 0. The summed E-state index contributed by atoms with van der Waals surface area (Å²) in [5.74, 6) is 0.718. The van der Waals surface area contributed by atoms with Crippen LogP contribution in [0.25, 0.3) is 0 Å². The van der Waals surface area contributed by atoms with Crippen LogP contribution in [0.2, 0.25) is 0 Å². The Bertz CT molecular complexity index is 501. The van der Waals surface area contributed by atoms with Crippen molar-refractivity contribution in [2.45, 2.75) is 39.0 Å². The Morgan fingerprint density at radius 2 is 1.82 bits per heavy atom. The molecule has 0 heterocycles. The van der Waals surface area contributed by atoms with Crippen molar-refractivity contribution < 1.29 is 0 Å². The third-order valence-corrected chi connectivity index (χ3v) is 4.42. The van der Waals surface area contributed by atoms with Crippen LogP contribution in [0.3, 0.4) is 0 Å². The molecular formula is C17H20. The Hall–Kier alpha value is -1.30. The van der Waals surface area contributed by atoms with Gasteiger partial charge in [-0.15, -0.1) is 0 Å². The molecule has 0 heteroatoms. The molecule has 2 unspecified atom stereocenters. The van der Waals surface area contributed by atoms with Crippen molar-refractivity contribution in [2.75, 3.05) is 0 Å². The molecule has 0 spiro atoms. The Balaban J connectivity index is 2.08. The van der Waals surface area contributed by atoms with Gasteiger partial charge in [-0.1, -0.05) is 54.5 Å². The van der Waals surface area contributed by atoms with Crippen LogP contribution in [-0.2, 0) is 5.41 Å². The van der Waals surface area contributed by atoms with Crippen molar-refractivity contribution in [3.05, 3.63) is 58.7 Å². The van der Waals surface area contributed by atoms with Crippen LogP contribution in [-0.4, -0.2) is 0 Å². The highest BCUT2D eigenvalue weighted by molar-refractivity contribution is 5.54. The maximum Gasteiger partial charge on any atom is 0.0242 e. The van der Waals surface area contributed by atoms with Crippen molar-refractivity contribution in [1.82, 2.24) is 0 Å². The Morgan fingerprint density at radius 1 is 1.12 bits per heavy atom. The van der Waals surface area contributed by atoms with E-state index in [1.165, 1.54) is 29.5 Å². The highest BCUT2D eigenvalue weighted by atomic mass is 14.5. The van der Waals surface area contributed by atoms with E-state index in [9.17, 15) is 0 Å². The zero-order chi connectivity index (χ0) is 12.0. The monoisotopic (exact) mass is 224 g/mol. The molecular weight excluding hydrogens is 204 g/mol. The molecule has 0 amide bonds. The van der Waals surface area contributed by atoms with E-state index in [0.29, 0.717) is 5.41 Å². The lowest BCUT2D eigenvalue weighted by Gasteiger charge is -2.29. The maximum absolute atomic E-state index is 2.48. The van der Waals surface area contributed by atoms with Crippen LogP contribution >= 0.6 is 0 Å². The fraction of sp³-hybridized carbons (Fsp3) is 0.412. The predicted octanol–water partition coefficient (Wildman–Crippen LogP) is 4.55. The molecule has 0 aromatic heterocycles. The number of fused-ring (bicyclic) bond motifs is 1. The van der Waals surface area contributed by atoms with E-state index in [1.807, 2.05) is 0 Å². The minimum Gasteiger partial charge on any atom is -0.0801 e. The SMILES string of the molecule is CC1=CCC2(c3ccc(C)cc3)CC(C)C=C12. The molecule has 0 bridgehead atoms. The first-order valence-electron chi connectivity index (χ1n) is 6.58. The average Bonchev–Trinajstić information content (AvgIpc) is 2.78. The summed E-state index contributed by atoms with van der Waals surface area (Å²) in [6.07, 6.45) is 7.37. The molecule has 2 aliphatic carbocycles. The average molecular weight is 224 g/mol. The highest BCUT2D eigenvalue weighted by Gasteiger charge is 2.44. The van der Waals surface area contributed by atoms with Gasteiger partial charge in [0.05, 0.1) is 0 Å². The van der Waals surface area contributed by atoms with E-state index in [4.69, 9.17) is 0 Å². The largest absolute Gasteiger partial charge is 0.0801 e.